The van der Waals surface area contributed by atoms with Crippen molar-refractivity contribution in [1.29, 1.82) is 0 Å². The van der Waals surface area contributed by atoms with Gasteiger partial charge in [0.25, 0.3) is 0 Å². The molecule has 15 heavy (non-hydrogen) atoms. The molecule has 0 spiro atoms. The van der Waals surface area contributed by atoms with Gasteiger partial charge in [-0.25, -0.2) is 0 Å². The summed E-state index contributed by atoms with van der Waals surface area (Å²) in [6.07, 6.45) is 4.11. The van der Waals surface area contributed by atoms with Gasteiger partial charge in [-0.1, -0.05) is 27.2 Å². The predicted molar refractivity (Wildman–Crippen MR) is 60.7 cm³/mol. The third kappa shape index (κ3) is 2.03. The van der Waals surface area contributed by atoms with Gasteiger partial charge in [0.2, 0.25) is 0 Å². The molecule has 3 heteroatoms. The lowest BCUT2D eigenvalue weighted by molar-refractivity contribution is -0.152. The van der Waals surface area contributed by atoms with E-state index in [9.17, 15) is 4.79 Å². The first-order chi connectivity index (χ1) is 7.00. The highest BCUT2D eigenvalue weighted by atomic mass is 16.5. The molecule has 1 fully saturated rings. The van der Waals surface area contributed by atoms with Crippen LogP contribution in [0.3, 0.4) is 0 Å². The molecule has 1 unspecified atom stereocenters. The lowest BCUT2D eigenvalue weighted by Gasteiger charge is -2.39. The van der Waals surface area contributed by atoms with Crippen molar-refractivity contribution in [2.45, 2.75) is 52.0 Å². The van der Waals surface area contributed by atoms with Crippen molar-refractivity contribution in [2.24, 2.45) is 5.41 Å². The van der Waals surface area contributed by atoms with E-state index in [4.69, 9.17) is 4.74 Å². The minimum absolute atomic E-state index is 0.00470. The second-order valence-corrected chi connectivity index (χ2v) is 5.06. The van der Waals surface area contributed by atoms with E-state index < -0.39 is 5.54 Å². The summed E-state index contributed by atoms with van der Waals surface area (Å²) in [5.74, 6) is -0.0987. The highest BCUT2D eigenvalue weighted by Crippen LogP contribution is 2.46. The molecule has 0 aromatic carbocycles. The van der Waals surface area contributed by atoms with Crippen molar-refractivity contribution in [3.63, 3.8) is 0 Å². The molecule has 1 rings (SSSR count). The fourth-order valence-corrected chi connectivity index (χ4v) is 2.64. The Hall–Kier alpha value is -0.570. The number of esters is 1. The topological polar surface area (TPSA) is 38.3 Å². The summed E-state index contributed by atoms with van der Waals surface area (Å²) >= 11 is 0. The van der Waals surface area contributed by atoms with E-state index in [1.807, 2.05) is 0 Å². The number of hydrogen-bond acceptors (Lipinski definition) is 3. The van der Waals surface area contributed by atoms with E-state index in [1.165, 1.54) is 7.11 Å². The number of hydrogen-bond donors (Lipinski definition) is 1. The van der Waals surface area contributed by atoms with Crippen molar-refractivity contribution < 1.29 is 9.53 Å². The summed E-state index contributed by atoms with van der Waals surface area (Å²) < 4.78 is 4.97. The first kappa shape index (κ1) is 12.5. The standard InChI is InChI=1S/C12H23NO2/c1-5-9-13-12(10(14)15-4)8-6-7-11(12,2)3/h13H,5-9H2,1-4H3. The molecular formula is C12H23NO2. The minimum atomic E-state index is -0.461. The quantitative estimate of drug-likeness (QED) is 0.727. The Kier molecular flexibility index (Phi) is 3.77. The molecule has 0 aromatic rings. The maximum absolute atomic E-state index is 12.0. The third-order valence-electron chi connectivity index (χ3n) is 3.72. The molecule has 0 aliphatic heterocycles. The zero-order valence-electron chi connectivity index (χ0n) is 10.4. The first-order valence-electron chi connectivity index (χ1n) is 5.83. The Morgan fingerprint density at radius 1 is 1.40 bits per heavy atom. The molecule has 0 amide bonds. The van der Waals surface area contributed by atoms with Gasteiger partial charge in [-0.3, -0.25) is 4.79 Å². The molecule has 1 atom stereocenters. The molecule has 0 radical (unpaired) electrons. The van der Waals surface area contributed by atoms with Gasteiger partial charge in [0.05, 0.1) is 7.11 Å². The Bertz CT molecular complexity index is 238. The molecule has 1 saturated carbocycles. The highest BCUT2D eigenvalue weighted by Gasteiger charge is 2.54. The van der Waals surface area contributed by atoms with Crippen LogP contribution in [0.2, 0.25) is 0 Å². The summed E-state index contributed by atoms with van der Waals surface area (Å²) in [4.78, 5) is 12.0. The molecule has 1 aliphatic carbocycles. The maximum Gasteiger partial charge on any atom is 0.326 e. The van der Waals surface area contributed by atoms with Crippen molar-refractivity contribution in [3.05, 3.63) is 0 Å². The van der Waals surface area contributed by atoms with E-state index in [1.54, 1.807) is 0 Å². The third-order valence-corrected chi connectivity index (χ3v) is 3.72. The second kappa shape index (κ2) is 4.52. The van der Waals surface area contributed by atoms with Crippen LogP contribution < -0.4 is 5.32 Å². The van der Waals surface area contributed by atoms with Crippen LogP contribution in [0.25, 0.3) is 0 Å². The van der Waals surface area contributed by atoms with Gasteiger partial charge in [-0.2, -0.15) is 0 Å². The van der Waals surface area contributed by atoms with Gasteiger partial charge < -0.3 is 10.1 Å². The van der Waals surface area contributed by atoms with Gasteiger partial charge in [0, 0.05) is 0 Å². The van der Waals surface area contributed by atoms with Crippen LogP contribution in [0.1, 0.15) is 46.5 Å². The number of carbonyl (C=O) groups excluding carboxylic acids is 1. The summed E-state index contributed by atoms with van der Waals surface area (Å²) in [6, 6.07) is 0. The molecule has 0 heterocycles. The summed E-state index contributed by atoms with van der Waals surface area (Å²) in [5.41, 5.74) is -0.465. The zero-order chi connectivity index (χ0) is 11.5. The second-order valence-electron chi connectivity index (χ2n) is 5.06. The Labute approximate surface area is 92.6 Å². The lowest BCUT2D eigenvalue weighted by Crippen LogP contribution is -2.59. The summed E-state index contributed by atoms with van der Waals surface area (Å²) in [6.45, 7) is 7.29. The van der Waals surface area contributed by atoms with Gasteiger partial charge >= 0.3 is 5.97 Å². The van der Waals surface area contributed by atoms with Gasteiger partial charge in [0.1, 0.15) is 5.54 Å². The van der Waals surface area contributed by atoms with Gasteiger partial charge in [-0.15, -0.1) is 0 Å². The minimum Gasteiger partial charge on any atom is -0.468 e. The Morgan fingerprint density at radius 2 is 2.07 bits per heavy atom. The average molecular weight is 213 g/mol. The molecule has 0 saturated heterocycles. The molecule has 88 valence electrons. The molecule has 0 bridgehead atoms. The fourth-order valence-electron chi connectivity index (χ4n) is 2.64. The van der Waals surface area contributed by atoms with E-state index in [-0.39, 0.29) is 11.4 Å². The monoisotopic (exact) mass is 213 g/mol. The normalized spacial score (nSPS) is 29.1. The fraction of sp³-hybridized carbons (Fsp3) is 0.917. The largest absolute Gasteiger partial charge is 0.468 e. The van der Waals surface area contributed by atoms with Crippen LogP contribution in [0.15, 0.2) is 0 Å². The maximum atomic E-state index is 12.0. The SMILES string of the molecule is CCCNC1(C(=O)OC)CCCC1(C)C. The summed E-state index contributed by atoms with van der Waals surface area (Å²) in [5, 5.41) is 3.41. The highest BCUT2D eigenvalue weighted by molar-refractivity contribution is 5.82. The van der Waals surface area contributed by atoms with E-state index in [0.29, 0.717) is 0 Å². The molecule has 1 aliphatic rings. The van der Waals surface area contributed by atoms with Crippen LogP contribution in [-0.4, -0.2) is 25.2 Å². The van der Waals surface area contributed by atoms with Crippen molar-refractivity contribution in [2.75, 3.05) is 13.7 Å². The van der Waals surface area contributed by atoms with Crippen LogP contribution >= 0.6 is 0 Å². The van der Waals surface area contributed by atoms with Crippen LogP contribution in [-0.2, 0) is 9.53 Å². The Balaban J connectivity index is 2.90. The average Bonchev–Trinajstić information content (AvgIpc) is 2.50. The number of methoxy groups -OCH3 is 1. The van der Waals surface area contributed by atoms with E-state index in [0.717, 1.165) is 32.2 Å². The van der Waals surface area contributed by atoms with Crippen LogP contribution in [0.5, 0.6) is 0 Å². The summed E-state index contributed by atoms with van der Waals surface area (Å²) in [7, 11) is 1.48. The molecule has 0 aromatic heterocycles. The number of ether oxygens (including phenoxy) is 1. The smallest absolute Gasteiger partial charge is 0.326 e. The van der Waals surface area contributed by atoms with Crippen molar-refractivity contribution >= 4 is 5.97 Å². The molecular weight excluding hydrogens is 190 g/mol. The lowest BCUT2D eigenvalue weighted by atomic mass is 9.74. The van der Waals surface area contributed by atoms with Crippen LogP contribution in [0.4, 0.5) is 0 Å². The number of nitrogens with one attached hydrogen (secondary N) is 1. The van der Waals surface area contributed by atoms with E-state index in [2.05, 4.69) is 26.1 Å². The Morgan fingerprint density at radius 3 is 2.47 bits per heavy atom. The van der Waals surface area contributed by atoms with Gasteiger partial charge in [-0.05, 0) is 31.2 Å². The van der Waals surface area contributed by atoms with Crippen LogP contribution in [0, 0.1) is 5.41 Å². The number of rotatable bonds is 4. The molecule has 3 nitrogen and oxygen atoms in total. The van der Waals surface area contributed by atoms with E-state index >= 15 is 0 Å². The predicted octanol–water partition coefficient (Wildman–Crippen LogP) is 2.11. The van der Waals surface area contributed by atoms with Gasteiger partial charge in [0.15, 0.2) is 0 Å². The van der Waals surface area contributed by atoms with Crippen molar-refractivity contribution in [3.8, 4) is 0 Å². The number of carbonyl (C=O) groups is 1. The first-order valence-corrected chi connectivity index (χ1v) is 5.83. The van der Waals surface area contributed by atoms with Crippen molar-refractivity contribution in [1.82, 2.24) is 5.32 Å². The molecule has 1 N–H and O–H groups in total. The zero-order valence-corrected chi connectivity index (χ0v) is 10.4.